The van der Waals surface area contributed by atoms with Crippen LogP contribution in [-0.4, -0.2) is 54.1 Å². The number of methoxy groups -OCH3 is 2. The zero-order valence-corrected chi connectivity index (χ0v) is 15.1. The lowest BCUT2D eigenvalue weighted by molar-refractivity contribution is -0.140. The van der Waals surface area contributed by atoms with Crippen molar-refractivity contribution in [3.05, 3.63) is 65.5 Å². The number of rotatable bonds is 6. The van der Waals surface area contributed by atoms with Crippen molar-refractivity contribution in [2.24, 2.45) is 0 Å². The zero-order valence-electron chi connectivity index (χ0n) is 15.1. The van der Waals surface area contributed by atoms with Crippen LogP contribution >= 0.6 is 0 Å². The molecular formula is C20H20N2O5. The number of aliphatic hydroxyl groups excluding tert-OH is 1. The first-order valence-corrected chi connectivity index (χ1v) is 8.40. The van der Waals surface area contributed by atoms with Crippen LogP contribution in [0.25, 0.3) is 5.76 Å². The molecule has 0 aliphatic carbocycles. The first-order chi connectivity index (χ1) is 13.1. The molecule has 1 aromatic carbocycles. The van der Waals surface area contributed by atoms with Gasteiger partial charge in [0, 0.05) is 31.6 Å². The molecule has 27 heavy (non-hydrogen) atoms. The topological polar surface area (TPSA) is 89.0 Å². The van der Waals surface area contributed by atoms with E-state index >= 15 is 0 Å². The van der Waals surface area contributed by atoms with Crippen LogP contribution in [0.15, 0.2) is 54.4 Å². The predicted octanol–water partition coefficient (Wildman–Crippen LogP) is 2.16. The molecule has 3 rings (SSSR count). The fourth-order valence-corrected chi connectivity index (χ4v) is 3.10. The maximum Gasteiger partial charge on any atom is 0.295 e. The molecule has 0 radical (unpaired) electrons. The van der Waals surface area contributed by atoms with E-state index < -0.39 is 17.7 Å². The van der Waals surface area contributed by atoms with E-state index in [9.17, 15) is 14.7 Å². The summed E-state index contributed by atoms with van der Waals surface area (Å²) in [7, 11) is 3.08. The van der Waals surface area contributed by atoms with Crippen LogP contribution in [0.5, 0.6) is 5.75 Å². The summed E-state index contributed by atoms with van der Waals surface area (Å²) in [5.74, 6) is -0.956. The van der Waals surface area contributed by atoms with Gasteiger partial charge in [0.05, 0.1) is 25.3 Å². The Morgan fingerprint density at radius 1 is 1.11 bits per heavy atom. The van der Waals surface area contributed by atoms with Gasteiger partial charge in [-0.1, -0.05) is 12.1 Å². The number of Topliss-reactive ketones (excluding diaryl/α,β-unsaturated/α-hetero) is 1. The largest absolute Gasteiger partial charge is 0.507 e. The minimum absolute atomic E-state index is 0.0486. The molecule has 7 nitrogen and oxygen atoms in total. The van der Waals surface area contributed by atoms with E-state index in [0.717, 1.165) is 0 Å². The Bertz CT molecular complexity index is 862. The average molecular weight is 368 g/mol. The van der Waals surface area contributed by atoms with Gasteiger partial charge in [-0.15, -0.1) is 0 Å². The van der Waals surface area contributed by atoms with Crippen molar-refractivity contribution in [2.75, 3.05) is 27.4 Å². The van der Waals surface area contributed by atoms with Crippen molar-refractivity contribution in [3.8, 4) is 5.75 Å². The number of carbonyl (C=O) groups is 2. The Kier molecular flexibility index (Phi) is 5.52. The minimum atomic E-state index is -0.721. The lowest BCUT2D eigenvalue weighted by atomic mass is 9.95. The second-order valence-corrected chi connectivity index (χ2v) is 5.99. The van der Waals surface area contributed by atoms with E-state index in [0.29, 0.717) is 16.9 Å². The third-order valence-corrected chi connectivity index (χ3v) is 4.46. The Labute approximate surface area is 156 Å². The molecular weight excluding hydrogens is 348 g/mol. The van der Waals surface area contributed by atoms with Gasteiger partial charge in [0.15, 0.2) is 0 Å². The zero-order chi connectivity index (χ0) is 19.4. The van der Waals surface area contributed by atoms with Crippen LogP contribution in [-0.2, 0) is 14.3 Å². The summed E-state index contributed by atoms with van der Waals surface area (Å²) >= 11 is 0. The van der Waals surface area contributed by atoms with Gasteiger partial charge in [-0.05, 0) is 29.8 Å². The van der Waals surface area contributed by atoms with Gasteiger partial charge in [0.2, 0.25) is 0 Å². The average Bonchev–Trinajstić information content (AvgIpc) is 2.97. The molecule has 7 heteroatoms. The molecule has 1 aromatic heterocycles. The predicted molar refractivity (Wildman–Crippen MR) is 98.1 cm³/mol. The van der Waals surface area contributed by atoms with Crippen LogP contribution in [0.3, 0.4) is 0 Å². The van der Waals surface area contributed by atoms with E-state index in [1.54, 1.807) is 43.5 Å². The number of aliphatic hydroxyl groups is 1. The van der Waals surface area contributed by atoms with E-state index in [4.69, 9.17) is 9.47 Å². The maximum absolute atomic E-state index is 12.7. The van der Waals surface area contributed by atoms with Gasteiger partial charge < -0.3 is 19.5 Å². The number of hydrogen-bond donors (Lipinski definition) is 1. The molecule has 2 heterocycles. The van der Waals surface area contributed by atoms with Crippen LogP contribution in [0.2, 0.25) is 0 Å². The minimum Gasteiger partial charge on any atom is -0.507 e. The van der Waals surface area contributed by atoms with Gasteiger partial charge in [-0.3, -0.25) is 14.6 Å². The van der Waals surface area contributed by atoms with Crippen LogP contribution in [0, 0.1) is 0 Å². The quantitative estimate of drug-likeness (QED) is 0.477. The monoisotopic (exact) mass is 368 g/mol. The number of amides is 1. The highest BCUT2D eigenvalue weighted by molar-refractivity contribution is 6.46. The van der Waals surface area contributed by atoms with E-state index in [1.165, 1.54) is 24.4 Å². The number of ether oxygens (including phenoxy) is 2. The molecule has 1 atom stereocenters. The normalized spacial score (nSPS) is 18.7. The smallest absolute Gasteiger partial charge is 0.295 e. The molecule has 1 N–H and O–H groups in total. The van der Waals surface area contributed by atoms with Crippen molar-refractivity contribution >= 4 is 17.4 Å². The number of hydrogen-bond acceptors (Lipinski definition) is 6. The summed E-state index contributed by atoms with van der Waals surface area (Å²) in [5.41, 5.74) is 1.17. The van der Waals surface area contributed by atoms with E-state index in [2.05, 4.69) is 4.98 Å². The Hall–Kier alpha value is -3.19. The Balaban J connectivity index is 2.13. The van der Waals surface area contributed by atoms with Crippen LogP contribution in [0.1, 0.15) is 17.2 Å². The van der Waals surface area contributed by atoms with Gasteiger partial charge in [-0.25, -0.2) is 0 Å². The lowest BCUT2D eigenvalue weighted by Gasteiger charge is -2.25. The van der Waals surface area contributed by atoms with Crippen molar-refractivity contribution in [1.29, 1.82) is 0 Å². The summed E-state index contributed by atoms with van der Waals surface area (Å²) in [6.45, 7) is 0.500. The highest BCUT2D eigenvalue weighted by Gasteiger charge is 2.45. The summed E-state index contributed by atoms with van der Waals surface area (Å²) in [5, 5.41) is 10.8. The summed E-state index contributed by atoms with van der Waals surface area (Å²) in [6, 6.07) is 9.51. The highest BCUT2D eigenvalue weighted by atomic mass is 16.5. The molecule has 140 valence electrons. The van der Waals surface area contributed by atoms with Crippen molar-refractivity contribution in [1.82, 2.24) is 9.88 Å². The van der Waals surface area contributed by atoms with Gasteiger partial charge >= 0.3 is 0 Å². The van der Waals surface area contributed by atoms with Gasteiger partial charge in [-0.2, -0.15) is 0 Å². The van der Waals surface area contributed by atoms with Gasteiger partial charge in [0.25, 0.3) is 11.7 Å². The fraction of sp³-hybridized carbons (Fsp3) is 0.250. The Morgan fingerprint density at radius 2 is 1.78 bits per heavy atom. The number of nitrogens with zero attached hydrogens (tertiary/aromatic N) is 2. The van der Waals surface area contributed by atoms with Crippen LogP contribution in [0.4, 0.5) is 0 Å². The number of aromatic nitrogens is 1. The second kappa shape index (κ2) is 8.01. The highest BCUT2D eigenvalue weighted by Crippen LogP contribution is 2.39. The van der Waals surface area contributed by atoms with Crippen LogP contribution < -0.4 is 4.74 Å². The molecule has 2 aromatic rings. The molecule has 0 spiro atoms. The third-order valence-electron chi connectivity index (χ3n) is 4.46. The standard InChI is InChI=1S/C20H20N2O5/c1-26-12-11-22-17(13-3-5-15(27-2)6-4-13)16(19(24)20(22)25)18(23)14-7-9-21-10-8-14/h3-10,17,23H,11-12H2,1-2H3/b18-16+. The molecule has 0 bridgehead atoms. The summed E-state index contributed by atoms with van der Waals surface area (Å²) < 4.78 is 10.3. The number of pyridine rings is 1. The van der Waals surface area contributed by atoms with E-state index in [1.807, 2.05) is 0 Å². The first kappa shape index (κ1) is 18.6. The van der Waals surface area contributed by atoms with Crippen molar-refractivity contribution < 1.29 is 24.2 Å². The fourth-order valence-electron chi connectivity index (χ4n) is 3.10. The van der Waals surface area contributed by atoms with Gasteiger partial charge in [0.1, 0.15) is 11.5 Å². The molecule has 1 amide bonds. The molecule has 1 fully saturated rings. The second-order valence-electron chi connectivity index (χ2n) is 5.99. The molecule has 1 aliphatic heterocycles. The number of carbonyl (C=O) groups excluding carboxylic acids is 2. The molecule has 1 aliphatic rings. The number of ketones is 1. The molecule has 0 saturated carbocycles. The van der Waals surface area contributed by atoms with E-state index in [-0.39, 0.29) is 24.5 Å². The number of benzene rings is 1. The maximum atomic E-state index is 12.7. The Morgan fingerprint density at radius 3 is 2.37 bits per heavy atom. The van der Waals surface area contributed by atoms with Crippen molar-refractivity contribution in [3.63, 3.8) is 0 Å². The summed E-state index contributed by atoms with van der Waals surface area (Å²) in [4.78, 5) is 30.6. The van der Waals surface area contributed by atoms with Crippen molar-refractivity contribution in [2.45, 2.75) is 6.04 Å². The molecule has 1 unspecified atom stereocenters. The third kappa shape index (κ3) is 3.54. The molecule has 1 saturated heterocycles. The first-order valence-electron chi connectivity index (χ1n) is 8.40. The lowest BCUT2D eigenvalue weighted by Crippen LogP contribution is -2.32. The summed E-state index contributed by atoms with van der Waals surface area (Å²) in [6.07, 6.45) is 3.02. The SMILES string of the molecule is COCCN1C(=O)C(=O)/C(=C(/O)c2ccncc2)C1c1ccc(OC)cc1. The number of likely N-dealkylation sites (tertiary alicyclic amines) is 1.